The molecule has 5 heteroatoms. The predicted octanol–water partition coefficient (Wildman–Crippen LogP) is 2.24. The smallest absolute Gasteiger partial charge is 0.349 e. The van der Waals surface area contributed by atoms with Crippen LogP contribution in [0.4, 0.5) is 0 Å². The molecule has 1 aromatic rings. The van der Waals surface area contributed by atoms with Gasteiger partial charge in [0, 0.05) is 25.1 Å². The summed E-state index contributed by atoms with van der Waals surface area (Å²) in [4.78, 5) is 16.5. The third kappa shape index (κ3) is 2.63. The second-order valence-corrected chi connectivity index (χ2v) is 4.95. The number of benzene rings is 1. The summed E-state index contributed by atoms with van der Waals surface area (Å²) < 4.78 is 10.7. The van der Waals surface area contributed by atoms with E-state index in [-0.39, 0.29) is 6.79 Å². The average Bonchev–Trinajstić information content (AvgIpc) is 2.94. The molecular formula is C15H17NO4. The minimum atomic E-state index is -0.406. The van der Waals surface area contributed by atoms with E-state index in [9.17, 15) is 4.79 Å². The Balaban J connectivity index is 1.70. The molecule has 2 aliphatic rings. The fourth-order valence-electron chi connectivity index (χ4n) is 2.63. The van der Waals surface area contributed by atoms with Crippen LogP contribution in [0.15, 0.2) is 30.9 Å². The molecule has 0 saturated carbocycles. The molecule has 2 heterocycles. The van der Waals surface area contributed by atoms with Crippen LogP contribution >= 0.6 is 0 Å². The maximum atomic E-state index is 11.3. The Morgan fingerprint density at radius 2 is 2.25 bits per heavy atom. The maximum absolute atomic E-state index is 11.3. The lowest BCUT2D eigenvalue weighted by Gasteiger charge is -2.31. The van der Waals surface area contributed by atoms with E-state index in [0.29, 0.717) is 12.5 Å². The highest BCUT2D eigenvalue weighted by Crippen LogP contribution is 2.36. The molecule has 20 heavy (non-hydrogen) atoms. The second-order valence-electron chi connectivity index (χ2n) is 4.95. The van der Waals surface area contributed by atoms with Crippen molar-refractivity contribution in [3.8, 4) is 11.5 Å². The van der Waals surface area contributed by atoms with E-state index in [2.05, 4.69) is 12.6 Å². The summed E-state index contributed by atoms with van der Waals surface area (Å²) in [5, 5.41) is 1.71. The summed E-state index contributed by atoms with van der Waals surface area (Å²) in [6.07, 6.45) is 3.25. The fraction of sp³-hybridized carbons (Fsp3) is 0.400. The molecule has 1 fully saturated rings. The second kappa shape index (κ2) is 5.54. The van der Waals surface area contributed by atoms with Crippen LogP contribution in [0.3, 0.4) is 0 Å². The normalized spacial score (nSPS) is 21.5. The summed E-state index contributed by atoms with van der Waals surface area (Å²) in [6, 6.07) is 6.01. The van der Waals surface area contributed by atoms with Crippen LogP contribution in [-0.4, -0.2) is 30.9 Å². The number of rotatable bonds is 3. The standard InChI is InChI=1S/C15H17NO4/c1-2-15(17)20-16-7-3-4-12(9-16)11-5-6-13-14(8-11)19-10-18-13/h2,5-6,8,12H,1,3-4,7,9-10H2. The first-order valence-corrected chi connectivity index (χ1v) is 6.75. The number of hydroxylamine groups is 2. The molecule has 1 atom stereocenters. The van der Waals surface area contributed by atoms with Crippen molar-refractivity contribution in [2.75, 3.05) is 19.9 Å². The van der Waals surface area contributed by atoms with Crippen LogP contribution in [0.1, 0.15) is 24.3 Å². The minimum absolute atomic E-state index is 0.284. The molecule has 5 nitrogen and oxygen atoms in total. The molecule has 0 spiro atoms. The Morgan fingerprint density at radius 3 is 3.10 bits per heavy atom. The van der Waals surface area contributed by atoms with Gasteiger partial charge in [-0.15, -0.1) is 5.06 Å². The number of nitrogens with zero attached hydrogens (tertiary/aromatic N) is 1. The van der Waals surface area contributed by atoms with E-state index in [1.807, 2.05) is 12.1 Å². The van der Waals surface area contributed by atoms with E-state index in [1.165, 1.54) is 11.6 Å². The molecule has 0 radical (unpaired) electrons. The monoisotopic (exact) mass is 275 g/mol. The largest absolute Gasteiger partial charge is 0.454 e. The zero-order valence-electron chi connectivity index (χ0n) is 11.2. The van der Waals surface area contributed by atoms with Gasteiger partial charge < -0.3 is 14.3 Å². The van der Waals surface area contributed by atoms with E-state index in [1.54, 1.807) is 5.06 Å². The number of fused-ring (bicyclic) bond motifs is 1. The highest BCUT2D eigenvalue weighted by Gasteiger charge is 2.25. The Hall–Kier alpha value is -2.01. The SMILES string of the molecule is C=CC(=O)ON1CCCC(c2ccc3c(c2)OCO3)C1. The van der Waals surface area contributed by atoms with Crippen LogP contribution in [-0.2, 0) is 9.63 Å². The molecule has 0 bridgehead atoms. The number of carbonyl (C=O) groups is 1. The van der Waals surface area contributed by atoms with Crippen molar-refractivity contribution in [3.63, 3.8) is 0 Å². The van der Waals surface area contributed by atoms with Gasteiger partial charge in [-0.05, 0) is 30.5 Å². The highest BCUT2D eigenvalue weighted by molar-refractivity contribution is 5.80. The summed E-state index contributed by atoms with van der Waals surface area (Å²) >= 11 is 0. The van der Waals surface area contributed by atoms with Gasteiger partial charge in [0.1, 0.15) is 0 Å². The lowest BCUT2D eigenvalue weighted by Crippen LogP contribution is -2.35. The van der Waals surface area contributed by atoms with Crippen LogP contribution in [0.2, 0.25) is 0 Å². The predicted molar refractivity (Wildman–Crippen MR) is 72.4 cm³/mol. The zero-order valence-corrected chi connectivity index (χ0v) is 11.2. The van der Waals surface area contributed by atoms with Crippen LogP contribution < -0.4 is 9.47 Å². The lowest BCUT2D eigenvalue weighted by molar-refractivity contribution is -0.189. The first-order valence-electron chi connectivity index (χ1n) is 6.75. The molecule has 0 N–H and O–H groups in total. The van der Waals surface area contributed by atoms with E-state index >= 15 is 0 Å². The van der Waals surface area contributed by atoms with Gasteiger partial charge in [-0.25, -0.2) is 4.79 Å². The third-order valence-corrected chi connectivity index (χ3v) is 3.64. The van der Waals surface area contributed by atoms with Gasteiger partial charge in [0.15, 0.2) is 11.5 Å². The average molecular weight is 275 g/mol. The van der Waals surface area contributed by atoms with E-state index < -0.39 is 5.97 Å². The topological polar surface area (TPSA) is 48.0 Å². The summed E-state index contributed by atoms with van der Waals surface area (Å²) in [7, 11) is 0. The van der Waals surface area contributed by atoms with Crippen molar-refractivity contribution in [1.82, 2.24) is 5.06 Å². The van der Waals surface area contributed by atoms with Crippen molar-refractivity contribution in [1.29, 1.82) is 0 Å². The molecule has 0 amide bonds. The lowest BCUT2D eigenvalue weighted by atomic mass is 9.91. The van der Waals surface area contributed by atoms with Crippen molar-refractivity contribution < 1.29 is 19.1 Å². The number of carbonyl (C=O) groups excluding carboxylic acids is 1. The summed E-state index contributed by atoms with van der Waals surface area (Å²) in [5.41, 5.74) is 1.19. The van der Waals surface area contributed by atoms with Gasteiger partial charge in [0.2, 0.25) is 6.79 Å². The molecule has 1 aromatic carbocycles. The Kier molecular flexibility index (Phi) is 3.60. The number of hydrogen-bond acceptors (Lipinski definition) is 5. The van der Waals surface area contributed by atoms with E-state index in [4.69, 9.17) is 14.3 Å². The van der Waals surface area contributed by atoms with Gasteiger partial charge in [0.25, 0.3) is 0 Å². The van der Waals surface area contributed by atoms with Crippen molar-refractivity contribution >= 4 is 5.97 Å². The zero-order chi connectivity index (χ0) is 13.9. The van der Waals surface area contributed by atoms with Crippen molar-refractivity contribution in [3.05, 3.63) is 36.4 Å². The summed E-state index contributed by atoms with van der Waals surface area (Å²) in [5.74, 6) is 1.51. The van der Waals surface area contributed by atoms with Crippen LogP contribution in [0.5, 0.6) is 11.5 Å². The third-order valence-electron chi connectivity index (χ3n) is 3.64. The Bertz CT molecular complexity index is 529. The Morgan fingerprint density at radius 1 is 1.40 bits per heavy atom. The molecule has 1 unspecified atom stereocenters. The van der Waals surface area contributed by atoms with Gasteiger partial charge in [-0.3, -0.25) is 0 Å². The van der Waals surface area contributed by atoms with Crippen molar-refractivity contribution in [2.24, 2.45) is 0 Å². The first-order chi connectivity index (χ1) is 9.76. The molecule has 106 valence electrons. The van der Waals surface area contributed by atoms with Gasteiger partial charge in [-0.1, -0.05) is 12.6 Å². The molecule has 0 aromatic heterocycles. The van der Waals surface area contributed by atoms with Crippen molar-refractivity contribution in [2.45, 2.75) is 18.8 Å². The number of piperidine rings is 1. The minimum Gasteiger partial charge on any atom is -0.454 e. The summed E-state index contributed by atoms with van der Waals surface area (Å²) in [6.45, 7) is 5.15. The van der Waals surface area contributed by atoms with Crippen LogP contribution in [0.25, 0.3) is 0 Å². The first kappa shape index (κ1) is 13.0. The molecular weight excluding hydrogens is 258 g/mol. The Labute approximate surface area is 117 Å². The van der Waals surface area contributed by atoms with Gasteiger partial charge in [0.05, 0.1) is 0 Å². The fourth-order valence-corrected chi connectivity index (χ4v) is 2.63. The van der Waals surface area contributed by atoms with E-state index in [0.717, 1.165) is 30.9 Å². The van der Waals surface area contributed by atoms with Crippen LogP contribution in [0, 0.1) is 0 Å². The number of hydrogen-bond donors (Lipinski definition) is 0. The molecule has 2 aliphatic heterocycles. The molecule has 1 saturated heterocycles. The molecule has 0 aliphatic carbocycles. The molecule has 3 rings (SSSR count). The maximum Gasteiger partial charge on any atom is 0.349 e. The van der Waals surface area contributed by atoms with Gasteiger partial charge >= 0.3 is 5.97 Å². The van der Waals surface area contributed by atoms with Gasteiger partial charge in [-0.2, -0.15) is 0 Å². The highest BCUT2D eigenvalue weighted by atomic mass is 16.7. The number of ether oxygens (including phenoxy) is 2. The quantitative estimate of drug-likeness (QED) is 0.792.